The van der Waals surface area contributed by atoms with Crippen molar-refractivity contribution < 1.29 is 9.53 Å². The maximum absolute atomic E-state index is 12.0. The van der Waals surface area contributed by atoms with Crippen molar-refractivity contribution in [1.82, 2.24) is 5.32 Å². The molecule has 1 heterocycles. The van der Waals surface area contributed by atoms with Crippen molar-refractivity contribution in [3.8, 4) is 0 Å². The first kappa shape index (κ1) is 14.9. The summed E-state index contributed by atoms with van der Waals surface area (Å²) in [6, 6.07) is 7.96. The van der Waals surface area contributed by atoms with Gasteiger partial charge in [-0.05, 0) is 38.3 Å². The van der Waals surface area contributed by atoms with Gasteiger partial charge in [0.15, 0.2) is 0 Å². The monoisotopic (exact) mass is 276 g/mol. The highest BCUT2D eigenvalue weighted by atomic mass is 16.5. The third kappa shape index (κ3) is 4.23. The van der Waals surface area contributed by atoms with Gasteiger partial charge in [0, 0.05) is 25.3 Å². The molecule has 1 unspecified atom stereocenters. The van der Waals surface area contributed by atoms with Crippen LogP contribution in [0.1, 0.15) is 32.3 Å². The number of carbonyl (C=O) groups excluding carboxylic acids is 1. The minimum Gasteiger partial charge on any atom is -0.379 e. The van der Waals surface area contributed by atoms with Crippen LogP contribution < -0.4 is 10.6 Å². The van der Waals surface area contributed by atoms with E-state index in [1.165, 1.54) is 5.56 Å². The molecule has 1 aromatic carbocycles. The minimum absolute atomic E-state index is 0.0889. The van der Waals surface area contributed by atoms with E-state index in [1.807, 2.05) is 32.0 Å². The molecule has 4 heteroatoms. The van der Waals surface area contributed by atoms with Crippen molar-refractivity contribution in [2.45, 2.75) is 45.3 Å². The average molecular weight is 276 g/mol. The van der Waals surface area contributed by atoms with Gasteiger partial charge in [-0.1, -0.05) is 18.2 Å². The van der Waals surface area contributed by atoms with Crippen molar-refractivity contribution in [2.75, 3.05) is 18.5 Å². The maximum Gasteiger partial charge on any atom is 0.242 e. The third-order valence-corrected chi connectivity index (χ3v) is 3.41. The number of carbonyl (C=O) groups is 1. The number of nitrogens with one attached hydrogen (secondary N) is 2. The number of fused-ring (bicyclic) bond motifs is 1. The molecule has 20 heavy (non-hydrogen) atoms. The average Bonchev–Trinajstić information content (AvgIpc) is 2.86. The topological polar surface area (TPSA) is 50.4 Å². The Morgan fingerprint density at radius 1 is 1.40 bits per heavy atom. The molecule has 0 aliphatic carbocycles. The quantitative estimate of drug-likeness (QED) is 0.752. The van der Waals surface area contributed by atoms with Crippen LogP contribution in [-0.2, 0) is 16.0 Å². The Labute approximate surface area is 120 Å². The van der Waals surface area contributed by atoms with Gasteiger partial charge in [-0.3, -0.25) is 4.79 Å². The van der Waals surface area contributed by atoms with Crippen LogP contribution in [0.15, 0.2) is 24.3 Å². The smallest absolute Gasteiger partial charge is 0.242 e. The molecule has 1 amide bonds. The third-order valence-electron chi connectivity index (χ3n) is 3.41. The van der Waals surface area contributed by atoms with Crippen LogP contribution >= 0.6 is 0 Å². The van der Waals surface area contributed by atoms with E-state index in [1.54, 1.807) is 0 Å². The molecule has 0 spiro atoms. The molecule has 1 aromatic rings. The number of hydrogen-bond acceptors (Lipinski definition) is 3. The molecule has 1 aliphatic heterocycles. The predicted octanol–water partition coefficient (Wildman–Crippen LogP) is 2.34. The van der Waals surface area contributed by atoms with Crippen LogP contribution in [0.25, 0.3) is 0 Å². The number of rotatable bonds is 7. The van der Waals surface area contributed by atoms with E-state index in [4.69, 9.17) is 4.74 Å². The molecule has 1 atom stereocenters. The zero-order valence-corrected chi connectivity index (χ0v) is 12.3. The van der Waals surface area contributed by atoms with E-state index in [0.717, 1.165) is 38.1 Å². The van der Waals surface area contributed by atoms with Gasteiger partial charge >= 0.3 is 0 Å². The lowest BCUT2D eigenvalue weighted by Crippen LogP contribution is -2.38. The Morgan fingerprint density at radius 2 is 2.20 bits per heavy atom. The van der Waals surface area contributed by atoms with E-state index < -0.39 is 0 Å². The van der Waals surface area contributed by atoms with Gasteiger partial charge < -0.3 is 15.4 Å². The number of unbranched alkanes of at least 4 members (excludes halogenated alkanes) is 1. The summed E-state index contributed by atoms with van der Waals surface area (Å²) in [5.41, 5.74) is 2.30. The van der Waals surface area contributed by atoms with Crippen LogP contribution in [0.2, 0.25) is 0 Å². The van der Waals surface area contributed by atoms with Crippen LogP contribution in [0.5, 0.6) is 0 Å². The summed E-state index contributed by atoms with van der Waals surface area (Å²) in [4.78, 5) is 12.0. The Kier molecular flexibility index (Phi) is 5.41. The molecule has 4 nitrogen and oxygen atoms in total. The van der Waals surface area contributed by atoms with Gasteiger partial charge in [-0.2, -0.15) is 0 Å². The number of anilines is 1. The van der Waals surface area contributed by atoms with Crippen molar-refractivity contribution in [1.29, 1.82) is 0 Å². The molecular weight excluding hydrogens is 252 g/mol. The summed E-state index contributed by atoms with van der Waals surface area (Å²) in [7, 11) is 0. The van der Waals surface area contributed by atoms with Crippen LogP contribution in [0, 0.1) is 0 Å². The highest BCUT2D eigenvalue weighted by molar-refractivity contribution is 5.87. The molecule has 0 bridgehead atoms. The second-order valence-electron chi connectivity index (χ2n) is 5.48. The molecule has 1 aliphatic rings. The Balaban J connectivity index is 1.62. The molecule has 0 saturated heterocycles. The van der Waals surface area contributed by atoms with E-state index in [9.17, 15) is 4.79 Å². The normalized spacial score (nSPS) is 16.9. The summed E-state index contributed by atoms with van der Waals surface area (Å²) in [6.45, 7) is 5.55. The van der Waals surface area contributed by atoms with Gasteiger partial charge in [0.05, 0.1) is 6.10 Å². The largest absolute Gasteiger partial charge is 0.379 e. The number of amides is 1. The lowest BCUT2D eigenvalue weighted by molar-refractivity contribution is -0.121. The molecule has 0 saturated carbocycles. The van der Waals surface area contributed by atoms with Gasteiger partial charge in [0.1, 0.15) is 6.04 Å². The fourth-order valence-corrected chi connectivity index (χ4v) is 2.34. The molecule has 110 valence electrons. The highest BCUT2D eigenvalue weighted by Crippen LogP contribution is 2.24. The first-order valence-corrected chi connectivity index (χ1v) is 7.40. The Bertz CT molecular complexity index is 421. The SMILES string of the molecule is CC(C)OCCCCNC(=O)C1Cc2ccccc2N1. The summed E-state index contributed by atoms with van der Waals surface area (Å²) in [5.74, 6) is 0.0889. The van der Waals surface area contributed by atoms with Gasteiger partial charge in [-0.25, -0.2) is 0 Å². The van der Waals surface area contributed by atoms with Crippen LogP contribution in [0.4, 0.5) is 5.69 Å². The summed E-state index contributed by atoms with van der Waals surface area (Å²) in [6.07, 6.45) is 3.00. The Hall–Kier alpha value is -1.55. The molecule has 0 fully saturated rings. The van der Waals surface area contributed by atoms with Gasteiger partial charge in [0.25, 0.3) is 0 Å². The van der Waals surface area contributed by atoms with E-state index in [2.05, 4.69) is 16.7 Å². The fourth-order valence-electron chi connectivity index (χ4n) is 2.34. The fraction of sp³-hybridized carbons (Fsp3) is 0.562. The van der Waals surface area contributed by atoms with E-state index in [0.29, 0.717) is 0 Å². The zero-order chi connectivity index (χ0) is 14.4. The minimum atomic E-state index is -0.126. The predicted molar refractivity (Wildman–Crippen MR) is 80.9 cm³/mol. The molecule has 0 radical (unpaired) electrons. The maximum atomic E-state index is 12.0. The van der Waals surface area contributed by atoms with Crippen molar-refractivity contribution in [3.05, 3.63) is 29.8 Å². The summed E-state index contributed by atoms with van der Waals surface area (Å²) < 4.78 is 5.47. The summed E-state index contributed by atoms with van der Waals surface area (Å²) in [5, 5.41) is 6.26. The number of hydrogen-bond donors (Lipinski definition) is 2. The Morgan fingerprint density at radius 3 is 2.95 bits per heavy atom. The zero-order valence-electron chi connectivity index (χ0n) is 12.3. The van der Waals surface area contributed by atoms with E-state index in [-0.39, 0.29) is 18.1 Å². The summed E-state index contributed by atoms with van der Waals surface area (Å²) >= 11 is 0. The molecule has 2 rings (SSSR count). The van der Waals surface area contributed by atoms with Gasteiger partial charge in [0.2, 0.25) is 5.91 Å². The number of ether oxygens (including phenoxy) is 1. The number of benzene rings is 1. The molecule has 2 N–H and O–H groups in total. The first-order valence-electron chi connectivity index (χ1n) is 7.40. The lowest BCUT2D eigenvalue weighted by atomic mass is 10.1. The lowest BCUT2D eigenvalue weighted by Gasteiger charge is -2.12. The van der Waals surface area contributed by atoms with Crippen LogP contribution in [-0.4, -0.2) is 31.2 Å². The molecular formula is C16H24N2O2. The second kappa shape index (κ2) is 7.29. The van der Waals surface area contributed by atoms with E-state index >= 15 is 0 Å². The van der Waals surface area contributed by atoms with Crippen molar-refractivity contribution in [3.63, 3.8) is 0 Å². The van der Waals surface area contributed by atoms with Crippen molar-refractivity contribution >= 4 is 11.6 Å². The number of para-hydroxylation sites is 1. The molecule has 0 aromatic heterocycles. The van der Waals surface area contributed by atoms with Gasteiger partial charge in [-0.15, -0.1) is 0 Å². The first-order chi connectivity index (χ1) is 9.66. The van der Waals surface area contributed by atoms with Crippen LogP contribution in [0.3, 0.4) is 0 Å². The standard InChI is InChI=1S/C16H24N2O2/c1-12(2)20-10-6-5-9-17-16(19)15-11-13-7-3-4-8-14(13)18-15/h3-4,7-8,12,15,18H,5-6,9-11H2,1-2H3,(H,17,19). The van der Waals surface area contributed by atoms with Crippen molar-refractivity contribution in [2.24, 2.45) is 0 Å². The highest BCUT2D eigenvalue weighted by Gasteiger charge is 2.25. The second-order valence-corrected chi connectivity index (χ2v) is 5.48.